The Morgan fingerprint density at radius 2 is 1.54 bits per heavy atom. The monoisotopic (exact) mass is 393 g/mol. The lowest BCUT2D eigenvalue weighted by Gasteiger charge is -2.20. The van der Waals surface area contributed by atoms with E-state index in [0.29, 0.717) is 21.8 Å². The van der Waals surface area contributed by atoms with Crippen molar-refractivity contribution in [3.8, 4) is 0 Å². The van der Waals surface area contributed by atoms with Crippen LogP contribution in [-0.4, -0.2) is 23.8 Å². The Morgan fingerprint density at radius 1 is 0.857 bits per heavy atom. The van der Waals surface area contributed by atoms with E-state index in [4.69, 9.17) is 0 Å². The SMILES string of the molecule is CC(=O)Nc1ccc(N[C@H](NC(=O)c2cccs2)C(=O)c2ccccc2)cc1. The number of carbonyl (C=O) groups is 3. The van der Waals surface area contributed by atoms with Gasteiger partial charge in [0.15, 0.2) is 6.17 Å². The summed E-state index contributed by atoms with van der Waals surface area (Å²) in [5.41, 5.74) is 1.77. The summed E-state index contributed by atoms with van der Waals surface area (Å²) in [4.78, 5) is 37.1. The maximum atomic E-state index is 12.9. The van der Waals surface area contributed by atoms with Gasteiger partial charge in [-0.1, -0.05) is 36.4 Å². The zero-order valence-electron chi connectivity index (χ0n) is 15.1. The molecule has 0 spiro atoms. The molecule has 7 heteroatoms. The van der Waals surface area contributed by atoms with Gasteiger partial charge in [0.1, 0.15) is 0 Å². The van der Waals surface area contributed by atoms with Gasteiger partial charge < -0.3 is 16.0 Å². The van der Waals surface area contributed by atoms with Crippen molar-refractivity contribution >= 4 is 40.3 Å². The molecule has 0 unspecified atom stereocenters. The summed E-state index contributed by atoms with van der Waals surface area (Å²) in [6.45, 7) is 1.43. The van der Waals surface area contributed by atoms with Crippen LogP contribution in [0.4, 0.5) is 11.4 Å². The number of Topliss-reactive ketones (excluding diaryl/α,β-unsaturated/α-hetero) is 1. The Labute approximate surface area is 166 Å². The van der Waals surface area contributed by atoms with Crippen LogP contribution >= 0.6 is 11.3 Å². The maximum Gasteiger partial charge on any atom is 0.263 e. The van der Waals surface area contributed by atoms with E-state index >= 15 is 0 Å². The summed E-state index contributed by atoms with van der Waals surface area (Å²) in [6.07, 6.45) is -0.941. The van der Waals surface area contributed by atoms with Gasteiger partial charge in [0.25, 0.3) is 5.91 Å². The minimum Gasteiger partial charge on any atom is -0.359 e. The standard InChI is InChI=1S/C21H19N3O3S/c1-14(25)22-16-9-11-17(12-10-16)23-20(19(26)15-6-3-2-4-7-15)24-21(27)18-8-5-13-28-18/h2-13,20,23H,1H3,(H,22,25)(H,24,27)/t20-/m1/s1. The molecule has 3 rings (SSSR count). The first kappa shape index (κ1) is 19.3. The number of ketones is 1. The first-order valence-corrected chi connectivity index (χ1v) is 9.49. The lowest BCUT2D eigenvalue weighted by molar-refractivity contribution is -0.114. The summed E-state index contributed by atoms with van der Waals surface area (Å²) >= 11 is 1.30. The second kappa shape index (κ2) is 8.96. The zero-order chi connectivity index (χ0) is 19.9. The second-order valence-electron chi connectivity index (χ2n) is 6.02. The highest BCUT2D eigenvalue weighted by Crippen LogP contribution is 2.16. The zero-order valence-corrected chi connectivity index (χ0v) is 16.0. The van der Waals surface area contributed by atoms with Crippen molar-refractivity contribution in [1.29, 1.82) is 0 Å². The number of hydrogen-bond donors (Lipinski definition) is 3. The molecule has 6 nitrogen and oxygen atoms in total. The fourth-order valence-electron chi connectivity index (χ4n) is 2.57. The molecule has 2 amide bonds. The third-order valence-electron chi connectivity index (χ3n) is 3.86. The molecule has 0 saturated heterocycles. The van der Waals surface area contributed by atoms with Gasteiger partial charge in [-0.15, -0.1) is 11.3 Å². The first-order valence-electron chi connectivity index (χ1n) is 8.61. The van der Waals surface area contributed by atoms with E-state index in [1.54, 1.807) is 66.0 Å². The molecule has 1 heterocycles. The van der Waals surface area contributed by atoms with Crippen LogP contribution in [0.1, 0.15) is 27.0 Å². The molecular weight excluding hydrogens is 374 g/mol. The van der Waals surface area contributed by atoms with Crippen LogP contribution in [0.2, 0.25) is 0 Å². The fourth-order valence-corrected chi connectivity index (χ4v) is 3.19. The van der Waals surface area contributed by atoms with Crippen molar-refractivity contribution in [3.05, 3.63) is 82.6 Å². The lowest BCUT2D eigenvalue weighted by atomic mass is 10.1. The lowest BCUT2D eigenvalue weighted by Crippen LogP contribution is -2.46. The van der Waals surface area contributed by atoms with Gasteiger partial charge in [0.2, 0.25) is 11.7 Å². The van der Waals surface area contributed by atoms with Gasteiger partial charge in [-0.3, -0.25) is 14.4 Å². The van der Waals surface area contributed by atoms with E-state index in [1.807, 2.05) is 6.07 Å². The number of rotatable bonds is 7. The van der Waals surface area contributed by atoms with E-state index in [1.165, 1.54) is 18.3 Å². The molecule has 0 aliphatic heterocycles. The normalized spacial score (nSPS) is 11.3. The Bertz CT molecular complexity index is 954. The largest absolute Gasteiger partial charge is 0.359 e. The molecule has 0 saturated carbocycles. The molecule has 0 aliphatic carbocycles. The van der Waals surface area contributed by atoms with Gasteiger partial charge >= 0.3 is 0 Å². The van der Waals surface area contributed by atoms with E-state index < -0.39 is 6.17 Å². The second-order valence-corrected chi connectivity index (χ2v) is 6.96. The third-order valence-corrected chi connectivity index (χ3v) is 4.73. The molecule has 3 N–H and O–H groups in total. The summed E-state index contributed by atoms with van der Waals surface area (Å²) < 4.78 is 0. The van der Waals surface area contributed by atoms with Crippen LogP contribution in [0, 0.1) is 0 Å². The highest BCUT2D eigenvalue weighted by atomic mass is 32.1. The smallest absolute Gasteiger partial charge is 0.263 e. The number of carbonyl (C=O) groups excluding carboxylic acids is 3. The van der Waals surface area contributed by atoms with Crippen LogP contribution in [0.15, 0.2) is 72.1 Å². The van der Waals surface area contributed by atoms with Crippen LogP contribution in [0.3, 0.4) is 0 Å². The van der Waals surface area contributed by atoms with E-state index in [9.17, 15) is 14.4 Å². The van der Waals surface area contributed by atoms with E-state index in [2.05, 4.69) is 16.0 Å². The van der Waals surface area contributed by atoms with Gasteiger partial charge in [-0.25, -0.2) is 0 Å². The first-order chi connectivity index (χ1) is 13.5. The summed E-state index contributed by atoms with van der Waals surface area (Å²) in [5, 5.41) is 10.3. The van der Waals surface area contributed by atoms with Crippen molar-refractivity contribution in [2.45, 2.75) is 13.1 Å². The topological polar surface area (TPSA) is 87.3 Å². The third kappa shape index (κ3) is 5.05. The molecular formula is C21H19N3O3S. The van der Waals surface area contributed by atoms with E-state index in [-0.39, 0.29) is 17.6 Å². The maximum absolute atomic E-state index is 12.9. The molecule has 1 aromatic heterocycles. The van der Waals surface area contributed by atoms with Gasteiger partial charge in [-0.2, -0.15) is 0 Å². The Hall–Kier alpha value is -3.45. The molecule has 2 aromatic carbocycles. The van der Waals surface area contributed by atoms with Crippen molar-refractivity contribution in [1.82, 2.24) is 5.32 Å². The van der Waals surface area contributed by atoms with Crippen molar-refractivity contribution in [3.63, 3.8) is 0 Å². The molecule has 1 atom stereocenters. The fraction of sp³-hybridized carbons (Fsp3) is 0.0952. The number of anilines is 2. The Kier molecular flexibility index (Phi) is 6.18. The molecule has 0 aliphatic rings. The average molecular weight is 393 g/mol. The predicted octanol–water partition coefficient (Wildman–Crippen LogP) is 3.76. The van der Waals surface area contributed by atoms with Crippen LogP contribution in [0.25, 0.3) is 0 Å². The van der Waals surface area contributed by atoms with Crippen LogP contribution in [0.5, 0.6) is 0 Å². The molecule has 0 fully saturated rings. The average Bonchev–Trinajstić information content (AvgIpc) is 3.23. The Morgan fingerprint density at radius 3 is 2.14 bits per heavy atom. The number of hydrogen-bond acceptors (Lipinski definition) is 5. The van der Waals surface area contributed by atoms with Gasteiger partial charge in [0.05, 0.1) is 4.88 Å². The van der Waals surface area contributed by atoms with Crippen LogP contribution < -0.4 is 16.0 Å². The van der Waals surface area contributed by atoms with E-state index in [0.717, 1.165) is 0 Å². The van der Waals surface area contributed by atoms with Crippen LogP contribution in [-0.2, 0) is 4.79 Å². The van der Waals surface area contributed by atoms with Crippen molar-refractivity contribution < 1.29 is 14.4 Å². The predicted molar refractivity (Wildman–Crippen MR) is 111 cm³/mol. The summed E-state index contributed by atoms with van der Waals surface area (Å²) in [5.74, 6) is -0.746. The minimum absolute atomic E-state index is 0.166. The summed E-state index contributed by atoms with van der Waals surface area (Å²) in [6, 6.07) is 19.1. The highest BCUT2D eigenvalue weighted by molar-refractivity contribution is 7.12. The summed E-state index contributed by atoms with van der Waals surface area (Å²) in [7, 11) is 0. The molecule has 142 valence electrons. The number of nitrogens with one attached hydrogen (secondary N) is 3. The Balaban J connectivity index is 1.80. The van der Waals surface area contributed by atoms with Crippen molar-refractivity contribution in [2.24, 2.45) is 0 Å². The molecule has 3 aromatic rings. The quantitative estimate of drug-likeness (QED) is 0.421. The number of amides is 2. The molecule has 0 radical (unpaired) electrons. The molecule has 0 bridgehead atoms. The molecule has 28 heavy (non-hydrogen) atoms. The number of thiophene rings is 1. The van der Waals surface area contributed by atoms with Gasteiger partial charge in [-0.05, 0) is 35.7 Å². The number of benzene rings is 2. The van der Waals surface area contributed by atoms with Crippen molar-refractivity contribution in [2.75, 3.05) is 10.6 Å². The minimum atomic E-state index is -0.941. The van der Waals surface area contributed by atoms with Gasteiger partial charge in [0, 0.05) is 23.9 Å². The highest BCUT2D eigenvalue weighted by Gasteiger charge is 2.23.